The molecule has 0 fully saturated rings. The van der Waals surface area contributed by atoms with Crippen molar-refractivity contribution in [3.05, 3.63) is 41.9 Å². The summed E-state index contributed by atoms with van der Waals surface area (Å²) in [4.78, 5) is 8.12. The second-order valence-corrected chi connectivity index (χ2v) is 4.47. The van der Waals surface area contributed by atoms with Gasteiger partial charge in [0.2, 0.25) is 0 Å². The van der Waals surface area contributed by atoms with E-state index < -0.39 is 0 Å². The summed E-state index contributed by atoms with van der Waals surface area (Å²) in [5, 5.41) is 0. The van der Waals surface area contributed by atoms with E-state index in [1.807, 2.05) is 12.1 Å². The van der Waals surface area contributed by atoms with Crippen LogP contribution >= 0.6 is 0 Å². The summed E-state index contributed by atoms with van der Waals surface area (Å²) >= 11 is 0. The van der Waals surface area contributed by atoms with Gasteiger partial charge in [-0.05, 0) is 37.5 Å². The normalized spacial score (nSPS) is 10.3. The van der Waals surface area contributed by atoms with Gasteiger partial charge in [-0.15, -0.1) is 0 Å². The van der Waals surface area contributed by atoms with Crippen molar-refractivity contribution in [3.8, 4) is 11.5 Å². The van der Waals surface area contributed by atoms with Crippen LogP contribution in [0.5, 0.6) is 11.5 Å². The van der Waals surface area contributed by atoms with Gasteiger partial charge in [-0.2, -0.15) is 0 Å². The van der Waals surface area contributed by atoms with E-state index in [2.05, 4.69) is 22.1 Å². The molecule has 0 bridgehead atoms. The van der Waals surface area contributed by atoms with Gasteiger partial charge in [0.15, 0.2) is 11.6 Å². The van der Waals surface area contributed by atoms with Gasteiger partial charge < -0.3 is 15.2 Å². The SMILES string of the molecule is COc1ccc(CCCOc2cnc(C)nc2N)cc1. The number of nitrogen functional groups attached to an aromatic ring is 1. The van der Waals surface area contributed by atoms with Crippen LogP contribution in [0.1, 0.15) is 17.8 Å². The lowest BCUT2D eigenvalue weighted by Gasteiger charge is -2.08. The molecule has 0 atom stereocenters. The third-order valence-corrected chi connectivity index (χ3v) is 2.93. The average Bonchev–Trinajstić information content (AvgIpc) is 2.46. The highest BCUT2D eigenvalue weighted by Gasteiger charge is 2.03. The molecule has 0 aliphatic heterocycles. The molecule has 2 N–H and O–H groups in total. The van der Waals surface area contributed by atoms with E-state index in [0.29, 0.717) is 24.0 Å². The highest BCUT2D eigenvalue weighted by molar-refractivity contribution is 5.43. The van der Waals surface area contributed by atoms with E-state index in [9.17, 15) is 0 Å². The van der Waals surface area contributed by atoms with Crippen molar-refractivity contribution in [1.29, 1.82) is 0 Å². The first-order chi connectivity index (χ1) is 9.69. The second-order valence-electron chi connectivity index (χ2n) is 4.47. The Morgan fingerprint density at radius 3 is 2.60 bits per heavy atom. The number of nitrogens with two attached hydrogens (primary N) is 1. The number of aromatic nitrogens is 2. The van der Waals surface area contributed by atoms with Crippen LogP contribution in [0.2, 0.25) is 0 Å². The smallest absolute Gasteiger partial charge is 0.179 e. The predicted molar refractivity (Wildman–Crippen MR) is 78.0 cm³/mol. The van der Waals surface area contributed by atoms with Gasteiger partial charge in [-0.1, -0.05) is 12.1 Å². The molecule has 0 spiro atoms. The molecule has 1 heterocycles. The molecule has 0 aliphatic rings. The maximum atomic E-state index is 5.76. The fourth-order valence-corrected chi connectivity index (χ4v) is 1.84. The molecule has 0 saturated heterocycles. The Labute approximate surface area is 118 Å². The number of nitrogens with zero attached hydrogens (tertiary/aromatic N) is 2. The van der Waals surface area contributed by atoms with Crippen molar-refractivity contribution in [1.82, 2.24) is 9.97 Å². The van der Waals surface area contributed by atoms with E-state index in [-0.39, 0.29) is 0 Å². The Hall–Kier alpha value is -2.30. The molecule has 5 nitrogen and oxygen atoms in total. The highest BCUT2D eigenvalue weighted by Crippen LogP contribution is 2.17. The van der Waals surface area contributed by atoms with Crippen molar-refractivity contribution in [2.24, 2.45) is 0 Å². The van der Waals surface area contributed by atoms with Crippen LogP contribution in [-0.4, -0.2) is 23.7 Å². The molecule has 5 heteroatoms. The van der Waals surface area contributed by atoms with Crippen LogP contribution in [-0.2, 0) is 6.42 Å². The Balaban J connectivity index is 1.78. The van der Waals surface area contributed by atoms with E-state index in [1.54, 1.807) is 20.2 Å². The van der Waals surface area contributed by atoms with Gasteiger partial charge in [0.05, 0.1) is 19.9 Å². The van der Waals surface area contributed by atoms with Gasteiger partial charge >= 0.3 is 0 Å². The van der Waals surface area contributed by atoms with E-state index >= 15 is 0 Å². The third-order valence-electron chi connectivity index (χ3n) is 2.93. The maximum Gasteiger partial charge on any atom is 0.179 e. The van der Waals surface area contributed by atoms with Crippen molar-refractivity contribution >= 4 is 5.82 Å². The molecule has 2 aromatic rings. The molecule has 0 radical (unpaired) electrons. The lowest BCUT2D eigenvalue weighted by atomic mass is 10.1. The van der Waals surface area contributed by atoms with Crippen LogP contribution in [0.15, 0.2) is 30.5 Å². The van der Waals surface area contributed by atoms with Crippen molar-refractivity contribution < 1.29 is 9.47 Å². The zero-order chi connectivity index (χ0) is 14.4. The Morgan fingerprint density at radius 2 is 1.95 bits per heavy atom. The van der Waals surface area contributed by atoms with Gasteiger partial charge in [0.25, 0.3) is 0 Å². The third kappa shape index (κ3) is 3.85. The van der Waals surface area contributed by atoms with E-state index in [4.69, 9.17) is 15.2 Å². The van der Waals surface area contributed by atoms with Crippen LogP contribution in [0.4, 0.5) is 5.82 Å². The monoisotopic (exact) mass is 273 g/mol. The Kier molecular flexibility index (Phi) is 4.76. The maximum absolute atomic E-state index is 5.76. The molecule has 0 unspecified atom stereocenters. The summed E-state index contributed by atoms with van der Waals surface area (Å²) in [6.45, 7) is 2.38. The summed E-state index contributed by atoms with van der Waals surface area (Å²) in [7, 11) is 1.66. The van der Waals surface area contributed by atoms with Gasteiger partial charge in [0, 0.05) is 0 Å². The number of benzene rings is 1. The Morgan fingerprint density at radius 1 is 1.20 bits per heavy atom. The highest BCUT2D eigenvalue weighted by atomic mass is 16.5. The number of aryl methyl sites for hydroxylation is 2. The van der Waals surface area contributed by atoms with Crippen molar-refractivity contribution in [2.45, 2.75) is 19.8 Å². The average molecular weight is 273 g/mol. The zero-order valence-corrected chi connectivity index (χ0v) is 11.8. The molecule has 20 heavy (non-hydrogen) atoms. The lowest BCUT2D eigenvalue weighted by molar-refractivity contribution is 0.310. The largest absolute Gasteiger partial charge is 0.497 e. The fourth-order valence-electron chi connectivity index (χ4n) is 1.84. The molecular weight excluding hydrogens is 254 g/mol. The quantitative estimate of drug-likeness (QED) is 0.818. The molecule has 0 saturated carbocycles. The number of hydrogen-bond acceptors (Lipinski definition) is 5. The number of methoxy groups -OCH3 is 1. The molecule has 2 rings (SSSR count). The summed E-state index contributed by atoms with van der Waals surface area (Å²) in [6, 6.07) is 8.04. The molecular formula is C15H19N3O2. The van der Waals surface area contributed by atoms with Crippen LogP contribution in [0.3, 0.4) is 0 Å². The molecule has 0 aliphatic carbocycles. The number of anilines is 1. The van der Waals surface area contributed by atoms with Gasteiger partial charge in [-0.3, -0.25) is 0 Å². The number of hydrogen-bond donors (Lipinski definition) is 1. The number of rotatable bonds is 6. The zero-order valence-electron chi connectivity index (χ0n) is 11.8. The summed E-state index contributed by atoms with van der Waals surface area (Å²) in [5.41, 5.74) is 7.01. The fraction of sp³-hybridized carbons (Fsp3) is 0.333. The molecule has 0 amide bonds. The summed E-state index contributed by atoms with van der Waals surface area (Å²) in [6.07, 6.45) is 3.46. The van der Waals surface area contributed by atoms with Crippen LogP contribution < -0.4 is 15.2 Å². The van der Waals surface area contributed by atoms with Crippen LogP contribution in [0.25, 0.3) is 0 Å². The summed E-state index contributed by atoms with van der Waals surface area (Å²) < 4.78 is 10.7. The van der Waals surface area contributed by atoms with Gasteiger partial charge in [-0.25, -0.2) is 9.97 Å². The minimum absolute atomic E-state index is 0.391. The molecule has 106 valence electrons. The number of ether oxygens (including phenoxy) is 2. The topological polar surface area (TPSA) is 70.3 Å². The van der Waals surface area contributed by atoms with E-state index in [0.717, 1.165) is 18.6 Å². The first-order valence-corrected chi connectivity index (χ1v) is 6.54. The minimum atomic E-state index is 0.391. The first kappa shape index (κ1) is 14.1. The standard InChI is InChI=1S/C15H19N3O2/c1-11-17-10-14(15(16)18-11)20-9-3-4-12-5-7-13(19-2)8-6-12/h5-8,10H,3-4,9H2,1-2H3,(H2,16,17,18). The predicted octanol–water partition coefficient (Wildman–Crippen LogP) is 2.39. The van der Waals surface area contributed by atoms with Crippen molar-refractivity contribution in [2.75, 3.05) is 19.5 Å². The van der Waals surface area contributed by atoms with Crippen molar-refractivity contribution in [3.63, 3.8) is 0 Å². The minimum Gasteiger partial charge on any atom is -0.497 e. The second kappa shape index (κ2) is 6.75. The Bertz CT molecular complexity index is 556. The van der Waals surface area contributed by atoms with Gasteiger partial charge in [0.1, 0.15) is 11.6 Å². The lowest BCUT2D eigenvalue weighted by Crippen LogP contribution is -2.04. The first-order valence-electron chi connectivity index (χ1n) is 6.54. The molecule has 1 aromatic carbocycles. The molecule has 1 aromatic heterocycles. The summed E-state index contributed by atoms with van der Waals surface area (Å²) in [5.74, 6) is 2.45. The van der Waals surface area contributed by atoms with E-state index in [1.165, 1.54) is 5.56 Å². The van der Waals surface area contributed by atoms with Crippen LogP contribution in [0, 0.1) is 6.92 Å².